The molecule has 1 aliphatic heterocycles. The fourth-order valence-corrected chi connectivity index (χ4v) is 10.3. The van der Waals surface area contributed by atoms with E-state index >= 15 is 0 Å². The highest BCUT2D eigenvalue weighted by molar-refractivity contribution is 6.03. The summed E-state index contributed by atoms with van der Waals surface area (Å²) in [5, 5.41) is 2.42. The molecule has 10 aromatic rings. The predicted molar refractivity (Wildman–Crippen MR) is 255 cm³/mol. The summed E-state index contributed by atoms with van der Waals surface area (Å²) in [5.41, 5.74) is 18.7. The molecule has 0 N–H and O–H groups in total. The maximum Gasteiger partial charge on any atom is 0.0755 e. The third kappa shape index (κ3) is 5.36. The van der Waals surface area contributed by atoms with Crippen LogP contribution >= 0.6 is 0 Å². The van der Waals surface area contributed by atoms with Gasteiger partial charge in [0, 0.05) is 22.5 Å². The summed E-state index contributed by atoms with van der Waals surface area (Å²) in [6.07, 6.45) is 0. The van der Waals surface area contributed by atoms with Crippen LogP contribution in [0.2, 0.25) is 0 Å². The minimum atomic E-state index is -0.570. The maximum absolute atomic E-state index is 2.52. The third-order valence-corrected chi connectivity index (χ3v) is 12.8. The molecule has 2 heteroatoms. The number of benzene rings is 10. The van der Waals surface area contributed by atoms with Crippen LogP contribution in [0.1, 0.15) is 22.3 Å². The first-order valence-corrected chi connectivity index (χ1v) is 21.1. The van der Waals surface area contributed by atoms with E-state index in [1.54, 1.807) is 0 Å². The summed E-state index contributed by atoms with van der Waals surface area (Å²) in [4.78, 5) is 4.96. The van der Waals surface area contributed by atoms with Crippen LogP contribution in [0, 0.1) is 0 Å². The normalized spacial score (nSPS) is 13.0. The number of hydrogen-bond acceptors (Lipinski definition) is 2. The number of nitrogens with zero attached hydrogens (tertiary/aromatic N) is 2. The first-order valence-electron chi connectivity index (χ1n) is 21.1. The van der Waals surface area contributed by atoms with E-state index in [4.69, 9.17) is 0 Å². The molecule has 0 aromatic heterocycles. The summed E-state index contributed by atoms with van der Waals surface area (Å²) in [6.45, 7) is 0. The van der Waals surface area contributed by atoms with Crippen LogP contribution in [-0.4, -0.2) is 0 Å². The molecule has 0 atom stereocenters. The monoisotopic (exact) mass is 776 g/mol. The molecule has 2 aliphatic rings. The van der Waals surface area contributed by atoms with E-state index in [2.05, 4.69) is 252 Å². The van der Waals surface area contributed by atoms with Crippen molar-refractivity contribution in [1.29, 1.82) is 0 Å². The van der Waals surface area contributed by atoms with Gasteiger partial charge in [-0.05, 0) is 110 Å². The van der Waals surface area contributed by atoms with Gasteiger partial charge in [-0.15, -0.1) is 0 Å². The Balaban J connectivity index is 1.15. The van der Waals surface area contributed by atoms with E-state index in [1.807, 2.05) is 0 Å². The lowest BCUT2D eigenvalue weighted by molar-refractivity contribution is 0.752. The van der Waals surface area contributed by atoms with Crippen LogP contribution in [0.3, 0.4) is 0 Å². The van der Waals surface area contributed by atoms with Gasteiger partial charge in [0.1, 0.15) is 0 Å². The summed E-state index contributed by atoms with van der Waals surface area (Å²) >= 11 is 0. The van der Waals surface area contributed by atoms with Crippen molar-refractivity contribution >= 4 is 44.9 Å². The molecule has 0 amide bonds. The van der Waals surface area contributed by atoms with Crippen molar-refractivity contribution in [2.45, 2.75) is 5.41 Å². The molecule has 0 saturated heterocycles. The quantitative estimate of drug-likeness (QED) is 0.166. The Morgan fingerprint density at radius 1 is 0.328 bits per heavy atom. The molecule has 1 heterocycles. The van der Waals surface area contributed by atoms with E-state index in [1.165, 1.54) is 77.8 Å². The average molecular weight is 777 g/mol. The standard InChI is InChI=1S/C59H40N2/c1-3-19-41(20-4-1)43-23-17-24-45(39-43)48-27-10-14-33-54(48)61(47-38-37-42-21-7-8-22-44(42)40-47)57-36-18-32-53-58(57)49-28-9-11-29-50(49)59(53)51-30-12-15-34-55(51)60(46-25-5-2-6-26-46)56-35-16-13-31-52(56)59/h1-40H. The Morgan fingerprint density at radius 3 is 1.64 bits per heavy atom. The van der Waals surface area contributed by atoms with Crippen molar-refractivity contribution in [2.75, 3.05) is 9.80 Å². The van der Waals surface area contributed by atoms with Crippen LogP contribution in [0.5, 0.6) is 0 Å². The van der Waals surface area contributed by atoms with Crippen LogP contribution < -0.4 is 9.80 Å². The van der Waals surface area contributed by atoms with Gasteiger partial charge in [0.25, 0.3) is 0 Å². The fraction of sp³-hybridized carbons (Fsp3) is 0.0169. The second kappa shape index (κ2) is 14.1. The molecule has 286 valence electrons. The van der Waals surface area contributed by atoms with Crippen molar-refractivity contribution in [3.05, 3.63) is 265 Å². The molecule has 0 bridgehead atoms. The largest absolute Gasteiger partial charge is 0.310 e. The Morgan fingerprint density at radius 2 is 0.869 bits per heavy atom. The first kappa shape index (κ1) is 35.0. The molecule has 0 unspecified atom stereocenters. The van der Waals surface area contributed by atoms with Crippen molar-refractivity contribution in [1.82, 2.24) is 0 Å². The lowest BCUT2D eigenvalue weighted by atomic mass is 9.64. The van der Waals surface area contributed by atoms with Crippen molar-refractivity contribution in [3.63, 3.8) is 0 Å². The number of rotatable bonds is 6. The molecule has 0 radical (unpaired) electrons. The SMILES string of the molecule is c1ccc(-c2cccc(-c3ccccc3N(c3ccc4ccccc4c3)c3cccc4c3-c3ccccc3C43c4ccccc4N(c4ccccc4)c4ccccc43)c2)cc1. The Bertz CT molecular complexity index is 3230. The average Bonchev–Trinajstić information content (AvgIpc) is 3.64. The van der Waals surface area contributed by atoms with Gasteiger partial charge in [-0.3, -0.25) is 0 Å². The van der Waals surface area contributed by atoms with Crippen LogP contribution in [0.4, 0.5) is 34.1 Å². The number of anilines is 6. The van der Waals surface area contributed by atoms with Crippen molar-refractivity contribution in [2.24, 2.45) is 0 Å². The molecular formula is C59H40N2. The van der Waals surface area contributed by atoms with Gasteiger partial charge >= 0.3 is 0 Å². The van der Waals surface area contributed by atoms with E-state index in [-0.39, 0.29) is 0 Å². The molecule has 1 aliphatic carbocycles. The maximum atomic E-state index is 2.52. The second-order valence-corrected chi connectivity index (χ2v) is 16.0. The minimum absolute atomic E-state index is 0.570. The van der Waals surface area contributed by atoms with Crippen LogP contribution in [0.15, 0.2) is 243 Å². The van der Waals surface area contributed by atoms with Gasteiger partial charge < -0.3 is 9.80 Å². The molecule has 12 rings (SSSR count). The van der Waals surface area contributed by atoms with E-state index in [0.29, 0.717) is 0 Å². The third-order valence-electron chi connectivity index (χ3n) is 12.8. The fourth-order valence-electron chi connectivity index (χ4n) is 10.3. The van der Waals surface area contributed by atoms with Gasteiger partial charge in [-0.2, -0.15) is 0 Å². The Labute approximate surface area is 356 Å². The van der Waals surface area contributed by atoms with Gasteiger partial charge in [0.05, 0.1) is 28.2 Å². The smallest absolute Gasteiger partial charge is 0.0755 e. The Kier molecular flexibility index (Phi) is 8.11. The molecule has 61 heavy (non-hydrogen) atoms. The predicted octanol–water partition coefficient (Wildman–Crippen LogP) is 15.8. The topological polar surface area (TPSA) is 6.48 Å². The number of fused-ring (bicyclic) bond motifs is 10. The van der Waals surface area contributed by atoms with Crippen molar-refractivity contribution < 1.29 is 0 Å². The van der Waals surface area contributed by atoms with Gasteiger partial charge in [-0.25, -0.2) is 0 Å². The van der Waals surface area contributed by atoms with Crippen molar-refractivity contribution in [3.8, 4) is 33.4 Å². The minimum Gasteiger partial charge on any atom is -0.310 e. The van der Waals surface area contributed by atoms with Gasteiger partial charge in [0.2, 0.25) is 0 Å². The van der Waals surface area contributed by atoms with E-state index < -0.39 is 5.41 Å². The van der Waals surface area contributed by atoms with Gasteiger partial charge in [0.15, 0.2) is 0 Å². The highest BCUT2D eigenvalue weighted by Crippen LogP contribution is 2.65. The summed E-state index contributed by atoms with van der Waals surface area (Å²) < 4.78 is 0. The molecule has 10 aromatic carbocycles. The summed E-state index contributed by atoms with van der Waals surface area (Å²) in [7, 11) is 0. The van der Waals surface area contributed by atoms with E-state index in [9.17, 15) is 0 Å². The van der Waals surface area contributed by atoms with Crippen LogP contribution in [-0.2, 0) is 5.41 Å². The highest BCUT2D eigenvalue weighted by atomic mass is 15.2. The summed E-state index contributed by atoms with van der Waals surface area (Å²) in [6, 6.07) is 89.2. The zero-order chi connectivity index (χ0) is 40.3. The van der Waals surface area contributed by atoms with Crippen LogP contribution in [0.25, 0.3) is 44.2 Å². The lowest BCUT2D eigenvalue weighted by Crippen LogP contribution is -2.36. The van der Waals surface area contributed by atoms with E-state index in [0.717, 1.165) is 22.7 Å². The van der Waals surface area contributed by atoms with Gasteiger partial charge in [-0.1, -0.05) is 188 Å². The zero-order valence-electron chi connectivity index (χ0n) is 33.5. The summed E-state index contributed by atoms with van der Waals surface area (Å²) in [5.74, 6) is 0. The molecular weight excluding hydrogens is 737 g/mol. The molecule has 0 fully saturated rings. The lowest BCUT2D eigenvalue weighted by Gasteiger charge is -2.45. The molecule has 1 spiro atoms. The number of hydrogen-bond donors (Lipinski definition) is 0. The number of para-hydroxylation sites is 4. The molecule has 0 saturated carbocycles. The second-order valence-electron chi connectivity index (χ2n) is 16.0. The first-order chi connectivity index (χ1) is 30.3. The molecule has 2 nitrogen and oxygen atoms in total. The highest BCUT2D eigenvalue weighted by Gasteiger charge is 2.52. The Hall–Kier alpha value is -7.94. The zero-order valence-corrected chi connectivity index (χ0v) is 33.5.